The van der Waals surface area contributed by atoms with Crippen molar-refractivity contribution in [3.8, 4) is 5.69 Å². The fourth-order valence-corrected chi connectivity index (χ4v) is 3.81. The van der Waals surface area contributed by atoms with Gasteiger partial charge in [0.15, 0.2) is 10.9 Å². The molecule has 0 radical (unpaired) electrons. The van der Waals surface area contributed by atoms with Crippen molar-refractivity contribution in [2.24, 2.45) is 0 Å². The maximum Gasteiger partial charge on any atom is 0.196 e. The number of benzene rings is 2. The van der Waals surface area contributed by atoms with Crippen LogP contribution in [0.4, 0.5) is 0 Å². The fourth-order valence-electron chi connectivity index (χ4n) is 3.00. The van der Waals surface area contributed by atoms with Gasteiger partial charge in [-0.15, -0.1) is 10.2 Å². The maximum absolute atomic E-state index is 12.8. The topological polar surface area (TPSA) is 47.8 Å². The number of carbonyl (C=O) groups excluding carboxylic acids is 1. The Morgan fingerprint density at radius 2 is 1.76 bits per heavy atom. The van der Waals surface area contributed by atoms with Gasteiger partial charge in [-0.3, -0.25) is 9.36 Å². The number of aryl methyl sites for hydroxylation is 2. The van der Waals surface area contributed by atoms with Gasteiger partial charge in [0.1, 0.15) is 6.33 Å². The summed E-state index contributed by atoms with van der Waals surface area (Å²) in [6.45, 7) is 8.18. The van der Waals surface area contributed by atoms with E-state index >= 15 is 0 Å². The Bertz CT molecular complexity index is 916. The molecule has 0 N–H and O–H groups in total. The van der Waals surface area contributed by atoms with Crippen LogP contribution in [0.15, 0.2) is 47.9 Å². The van der Waals surface area contributed by atoms with Crippen LogP contribution in [0, 0.1) is 27.7 Å². The summed E-state index contributed by atoms with van der Waals surface area (Å²) in [4.78, 5) is 12.8. The number of hydrogen-bond donors (Lipinski definition) is 0. The molecule has 1 heterocycles. The first-order valence-electron chi connectivity index (χ1n) is 8.18. The largest absolute Gasteiger partial charge is 0.293 e. The molecule has 0 saturated heterocycles. The third-order valence-electron chi connectivity index (χ3n) is 4.52. The van der Waals surface area contributed by atoms with Gasteiger partial charge in [-0.25, -0.2) is 0 Å². The second kappa shape index (κ2) is 7.23. The van der Waals surface area contributed by atoms with Gasteiger partial charge in [0.2, 0.25) is 0 Å². The van der Waals surface area contributed by atoms with Crippen molar-refractivity contribution in [3.63, 3.8) is 0 Å². The quantitative estimate of drug-likeness (QED) is 0.502. The Morgan fingerprint density at radius 1 is 1.04 bits per heavy atom. The summed E-state index contributed by atoms with van der Waals surface area (Å²) in [5.41, 5.74) is 6.35. The molecule has 0 spiro atoms. The monoisotopic (exact) mass is 351 g/mol. The van der Waals surface area contributed by atoms with Gasteiger partial charge in [0, 0.05) is 11.3 Å². The number of Topliss-reactive ketones (excluding diaryl/α,β-unsaturated/α-hetero) is 1. The average molecular weight is 351 g/mol. The van der Waals surface area contributed by atoms with Crippen LogP contribution in [0.25, 0.3) is 5.69 Å². The molecule has 0 amide bonds. The van der Waals surface area contributed by atoms with Crippen molar-refractivity contribution in [2.45, 2.75) is 32.9 Å². The second-order valence-electron chi connectivity index (χ2n) is 6.17. The zero-order valence-electron chi connectivity index (χ0n) is 14.9. The molecule has 0 saturated carbocycles. The molecule has 0 atom stereocenters. The first-order chi connectivity index (χ1) is 12.0. The van der Waals surface area contributed by atoms with Crippen LogP contribution in [0.3, 0.4) is 0 Å². The van der Waals surface area contributed by atoms with E-state index in [4.69, 9.17) is 0 Å². The van der Waals surface area contributed by atoms with Gasteiger partial charge in [-0.2, -0.15) is 0 Å². The number of carbonyl (C=O) groups is 1. The minimum absolute atomic E-state index is 0.130. The van der Waals surface area contributed by atoms with E-state index in [1.807, 2.05) is 48.7 Å². The molecular weight excluding hydrogens is 330 g/mol. The number of nitrogens with zero attached hydrogens (tertiary/aromatic N) is 3. The molecule has 2 aromatic carbocycles. The number of rotatable bonds is 5. The molecule has 0 aliphatic heterocycles. The lowest BCUT2D eigenvalue weighted by molar-refractivity contribution is 0.102. The number of aromatic nitrogens is 3. The van der Waals surface area contributed by atoms with Crippen LogP contribution in [0.2, 0.25) is 0 Å². The van der Waals surface area contributed by atoms with Gasteiger partial charge >= 0.3 is 0 Å². The summed E-state index contributed by atoms with van der Waals surface area (Å²) in [5.74, 6) is 0.473. The minimum Gasteiger partial charge on any atom is -0.293 e. The first kappa shape index (κ1) is 17.4. The SMILES string of the molecule is Cc1cc(C)c(C(=O)CSc2nncn2-c2ccccc2)c(C)c1C. The summed E-state index contributed by atoms with van der Waals surface area (Å²) in [5, 5.41) is 8.87. The highest BCUT2D eigenvalue weighted by Crippen LogP contribution is 2.25. The minimum atomic E-state index is 0.130. The number of para-hydroxylation sites is 1. The van der Waals surface area contributed by atoms with Crippen LogP contribution >= 0.6 is 11.8 Å². The molecule has 5 heteroatoms. The summed E-state index contributed by atoms with van der Waals surface area (Å²) >= 11 is 1.42. The van der Waals surface area contributed by atoms with Gasteiger partial charge in [0.05, 0.1) is 5.75 Å². The summed E-state index contributed by atoms with van der Waals surface area (Å²) in [6.07, 6.45) is 1.68. The van der Waals surface area contributed by atoms with Crippen molar-refractivity contribution in [3.05, 3.63) is 70.5 Å². The van der Waals surface area contributed by atoms with Crippen LogP contribution in [-0.2, 0) is 0 Å². The van der Waals surface area contributed by atoms with Crippen LogP contribution < -0.4 is 0 Å². The highest BCUT2D eigenvalue weighted by molar-refractivity contribution is 7.99. The van der Waals surface area contributed by atoms with Gasteiger partial charge < -0.3 is 0 Å². The van der Waals surface area contributed by atoms with Gasteiger partial charge in [0.25, 0.3) is 0 Å². The third-order valence-corrected chi connectivity index (χ3v) is 5.46. The molecule has 0 aliphatic carbocycles. The van der Waals surface area contributed by atoms with E-state index in [-0.39, 0.29) is 5.78 Å². The normalized spacial score (nSPS) is 10.9. The van der Waals surface area contributed by atoms with Crippen molar-refractivity contribution in [1.82, 2.24) is 14.8 Å². The summed E-state index contributed by atoms with van der Waals surface area (Å²) < 4.78 is 1.90. The highest BCUT2D eigenvalue weighted by atomic mass is 32.2. The fraction of sp³-hybridized carbons (Fsp3) is 0.250. The average Bonchev–Trinajstić information content (AvgIpc) is 3.07. The first-order valence-corrected chi connectivity index (χ1v) is 9.16. The lowest BCUT2D eigenvalue weighted by atomic mass is 9.92. The lowest BCUT2D eigenvalue weighted by Crippen LogP contribution is -2.10. The maximum atomic E-state index is 12.8. The zero-order chi connectivity index (χ0) is 18.0. The Hall–Kier alpha value is -2.40. The van der Waals surface area contributed by atoms with E-state index < -0.39 is 0 Å². The van der Waals surface area contributed by atoms with E-state index in [9.17, 15) is 4.79 Å². The molecule has 128 valence electrons. The van der Waals surface area contributed by atoms with E-state index in [1.54, 1.807) is 6.33 Å². The van der Waals surface area contributed by atoms with E-state index in [1.165, 1.54) is 22.9 Å². The van der Waals surface area contributed by atoms with Crippen LogP contribution in [-0.4, -0.2) is 26.3 Å². The predicted octanol–water partition coefficient (Wildman–Crippen LogP) is 4.48. The molecular formula is C20H21N3OS. The molecule has 25 heavy (non-hydrogen) atoms. The number of thioether (sulfide) groups is 1. The van der Waals surface area contributed by atoms with Gasteiger partial charge in [-0.05, 0) is 62.1 Å². The zero-order valence-corrected chi connectivity index (χ0v) is 15.7. The molecule has 1 aromatic heterocycles. The van der Waals surface area contributed by atoms with Crippen LogP contribution in [0.5, 0.6) is 0 Å². The van der Waals surface area contributed by atoms with E-state index in [0.29, 0.717) is 5.75 Å². The smallest absolute Gasteiger partial charge is 0.196 e. The van der Waals surface area contributed by atoms with E-state index in [0.717, 1.165) is 27.5 Å². The molecule has 0 aliphatic rings. The molecule has 3 aromatic rings. The van der Waals surface area contributed by atoms with Crippen molar-refractivity contribution in [1.29, 1.82) is 0 Å². The summed E-state index contributed by atoms with van der Waals surface area (Å²) in [7, 11) is 0. The summed E-state index contributed by atoms with van der Waals surface area (Å²) in [6, 6.07) is 12.0. The molecule has 0 bridgehead atoms. The highest BCUT2D eigenvalue weighted by Gasteiger charge is 2.17. The Balaban J connectivity index is 1.81. The standard InChI is InChI=1S/C20H21N3OS/c1-13-10-14(2)19(16(4)15(13)3)18(24)11-25-20-22-21-12-23(20)17-8-6-5-7-9-17/h5-10,12H,11H2,1-4H3. The number of ketones is 1. The Morgan fingerprint density at radius 3 is 2.48 bits per heavy atom. The van der Waals surface area contributed by atoms with Gasteiger partial charge in [-0.1, -0.05) is 36.0 Å². The lowest BCUT2D eigenvalue weighted by Gasteiger charge is -2.14. The predicted molar refractivity (Wildman–Crippen MR) is 102 cm³/mol. The van der Waals surface area contributed by atoms with E-state index in [2.05, 4.69) is 30.1 Å². The molecule has 3 rings (SSSR count). The second-order valence-corrected chi connectivity index (χ2v) is 7.11. The van der Waals surface area contributed by atoms with Crippen molar-refractivity contribution >= 4 is 17.5 Å². The molecule has 4 nitrogen and oxygen atoms in total. The van der Waals surface area contributed by atoms with Crippen LogP contribution in [0.1, 0.15) is 32.6 Å². The Kier molecular flexibility index (Phi) is 5.04. The third kappa shape index (κ3) is 3.51. The molecule has 0 unspecified atom stereocenters. The number of hydrogen-bond acceptors (Lipinski definition) is 4. The molecule has 0 fully saturated rings. The Labute approximate surface area is 152 Å². The van der Waals surface area contributed by atoms with Crippen molar-refractivity contribution in [2.75, 3.05) is 5.75 Å². The van der Waals surface area contributed by atoms with Crippen molar-refractivity contribution < 1.29 is 4.79 Å².